The van der Waals surface area contributed by atoms with Crippen LogP contribution in [-0.2, 0) is 4.74 Å². The number of methoxy groups -OCH3 is 3. The third-order valence-electron chi connectivity index (χ3n) is 2.30. The highest BCUT2D eigenvalue weighted by Crippen LogP contribution is 2.38. The minimum Gasteiger partial charge on any atom is -0.504 e. The van der Waals surface area contributed by atoms with Gasteiger partial charge in [-0.1, -0.05) is 0 Å². The lowest BCUT2D eigenvalue weighted by atomic mass is 10.1. The molecule has 0 heterocycles. The molecule has 0 aliphatic carbocycles. The molecule has 0 saturated heterocycles. The number of hydrogen-bond donors (Lipinski definition) is 1. The van der Waals surface area contributed by atoms with Crippen molar-refractivity contribution in [3.8, 4) is 17.2 Å². The van der Waals surface area contributed by atoms with E-state index in [2.05, 4.69) is 4.74 Å². The van der Waals surface area contributed by atoms with Gasteiger partial charge in [0.1, 0.15) is 11.3 Å². The molecule has 88 valence electrons. The first-order valence-electron chi connectivity index (χ1n) is 4.59. The van der Waals surface area contributed by atoms with Crippen molar-refractivity contribution in [2.45, 2.75) is 6.92 Å². The Hall–Kier alpha value is -1.91. The van der Waals surface area contributed by atoms with Crippen molar-refractivity contribution in [1.82, 2.24) is 0 Å². The number of esters is 1. The van der Waals surface area contributed by atoms with E-state index in [1.807, 2.05) is 0 Å². The molecule has 0 bridgehead atoms. The molecular formula is C11H14O5. The maximum absolute atomic E-state index is 11.5. The van der Waals surface area contributed by atoms with Crippen LogP contribution in [0.4, 0.5) is 0 Å². The minimum atomic E-state index is -0.563. The van der Waals surface area contributed by atoms with Crippen molar-refractivity contribution in [2.75, 3.05) is 21.3 Å². The van der Waals surface area contributed by atoms with E-state index in [4.69, 9.17) is 9.47 Å². The van der Waals surface area contributed by atoms with Gasteiger partial charge in [0.25, 0.3) is 0 Å². The summed E-state index contributed by atoms with van der Waals surface area (Å²) in [4.78, 5) is 11.5. The van der Waals surface area contributed by atoms with Gasteiger partial charge in [-0.15, -0.1) is 0 Å². The van der Waals surface area contributed by atoms with Gasteiger partial charge in [-0.05, 0) is 6.92 Å². The molecule has 5 nitrogen and oxygen atoms in total. The first-order valence-corrected chi connectivity index (χ1v) is 4.59. The molecule has 0 atom stereocenters. The van der Waals surface area contributed by atoms with Crippen molar-refractivity contribution < 1.29 is 24.1 Å². The fourth-order valence-corrected chi connectivity index (χ4v) is 1.42. The molecule has 1 aromatic rings. The van der Waals surface area contributed by atoms with Gasteiger partial charge in [0, 0.05) is 11.6 Å². The van der Waals surface area contributed by atoms with E-state index in [-0.39, 0.29) is 17.1 Å². The third-order valence-corrected chi connectivity index (χ3v) is 2.30. The van der Waals surface area contributed by atoms with Crippen LogP contribution in [0.2, 0.25) is 0 Å². The molecule has 0 radical (unpaired) electrons. The van der Waals surface area contributed by atoms with Gasteiger partial charge in [0.05, 0.1) is 21.3 Å². The molecule has 0 aliphatic rings. The largest absolute Gasteiger partial charge is 0.504 e. The molecule has 1 N–H and O–H groups in total. The van der Waals surface area contributed by atoms with E-state index in [1.54, 1.807) is 6.92 Å². The molecular weight excluding hydrogens is 212 g/mol. The van der Waals surface area contributed by atoms with Gasteiger partial charge in [-0.2, -0.15) is 0 Å². The van der Waals surface area contributed by atoms with Gasteiger partial charge >= 0.3 is 5.97 Å². The molecule has 0 amide bonds. The molecule has 1 aromatic carbocycles. The van der Waals surface area contributed by atoms with Crippen LogP contribution in [0, 0.1) is 6.92 Å². The smallest absolute Gasteiger partial charge is 0.342 e. The van der Waals surface area contributed by atoms with Crippen LogP contribution >= 0.6 is 0 Å². The summed E-state index contributed by atoms with van der Waals surface area (Å²) in [6, 6.07) is 1.44. The molecule has 1 rings (SSSR count). The van der Waals surface area contributed by atoms with E-state index in [1.165, 1.54) is 27.4 Å². The summed E-state index contributed by atoms with van der Waals surface area (Å²) in [6.07, 6.45) is 0. The van der Waals surface area contributed by atoms with Crippen molar-refractivity contribution in [2.24, 2.45) is 0 Å². The van der Waals surface area contributed by atoms with E-state index in [0.29, 0.717) is 11.3 Å². The van der Waals surface area contributed by atoms with Gasteiger partial charge in [0.2, 0.25) is 0 Å². The zero-order valence-corrected chi connectivity index (χ0v) is 9.66. The summed E-state index contributed by atoms with van der Waals surface area (Å²) in [5.74, 6) is -0.1000. The molecule has 16 heavy (non-hydrogen) atoms. The predicted molar refractivity (Wildman–Crippen MR) is 57.3 cm³/mol. The first-order chi connectivity index (χ1) is 7.56. The summed E-state index contributed by atoms with van der Waals surface area (Å²) in [6.45, 7) is 1.59. The summed E-state index contributed by atoms with van der Waals surface area (Å²) in [5.41, 5.74) is 0.561. The average Bonchev–Trinajstić information content (AvgIpc) is 2.31. The predicted octanol–water partition coefficient (Wildman–Crippen LogP) is 1.50. The third kappa shape index (κ3) is 1.88. The molecule has 0 aromatic heterocycles. The SMILES string of the molecule is COC(=O)c1c(OC)cc(OC)c(O)c1C. The number of phenols is 1. The van der Waals surface area contributed by atoms with Crippen molar-refractivity contribution >= 4 is 5.97 Å². The molecule has 0 saturated carbocycles. The summed E-state index contributed by atoms with van der Waals surface area (Å²) < 4.78 is 14.6. The van der Waals surface area contributed by atoms with Crippen LogP contribution < -0.4 is 9.47 Å². The van der Waals surface area contributed by atoms with Crippen molar-refractivity contribution in [1.29, 1.82) is 0 Å². The zero-order valence-electron chi connectivity index (χ0n) is 9.66. The van der Waals surface area contributed by atoms with Crippen LogP contribution in [0.5, 0.6) is 17.2 Å². The van der Waals surface area contributed by atoms with Gasteiger partial charge in [0.15, 0.2) is 11.5 Å². The Morgan fingerprint density at radius 1 is 1.19 bits per heavy atom. The molecule has 0 aliphatic heterocycles. The summed E-state index contributed by atoms with van der Waals surface area (Å²) >= 11 is 0. The van der Waals surface area contributed by atoms with Crippen molar-refractivity contribution in [3.63, 3.8) is 0 Å². The number of carbonyl (C=O) groups is 1. The number of aromatic hydroxyl groups is 1. The van der Waals surface area contributed by atoms with Gasteiger partial charge in [-0.3, -0.25) is 0 Å². The second-order valence-corrected chi connectivity index (χ2v) is 3.12. The zero-order chi connectivity index (χ0) is 12.3. The summed E-state index contributed by atoms with van der Waals surface area (Å²) in [7, 11) is 4.12. The van der Waals surface area contributed by atoms with E-state index >= 15 is 0 Å². The van der Waals surface area contributed by atoms with Gasteiger partial charge < -0.3 is 19.3 Å². The molecule has 0 fully saturated rings. The van der Waals surface area contributed by atoms with Crippen molar-refractivity contribution in [3.05, 3.63) is 17.2 Å². The highest BCUT2D eigenvalue weighted by atomic mass is 16.5. The summed E-state index contributed by atoms with van der Waals surface area (Å²) in [5, 5.41) is 9.75. The highest BCUT2D eigenvalue weighted by molar-refractivity contribution is 5.95. The number of ether oxygens (including phenoxy) is 3. The van der Waals surface area contributed by atoms with E-state index in [0.717, 1.165) is 0 Å². The van der Waals surface area contributed by atoms with Crippen LogP contribution in [0.25, 0.3) is 0 Å². The second kappa shape index (κ2) is 4.74. The fourth-order valence-electron chi connectivity index (χ4n) is 1.42. The number of carbonyl (C=O) groups excluding carboxylic acids is 1. The molecule has 5 heteroatoms. The molecule has 0 unspecified atom stereocenters. The monoisotopic (exact) mass is 226 g/mol. The lowest BCUT2D eigenvalue weighted by Gasteiger charge is -2.13. The maximum atomic E-state index is 11.5. The van der Waals surface area contributed by atoms with Crippen LogP contribution in [0.15, 0.2) is 6.07 Å². The Labute approximate surface area is 93.6 Å². The van der Waals surface area contributed by atoms with E-state index < -0.39 is 5.97 Å². The average molecular weight is 226 g/mol. The second-order valence-electron chi connectivity index (χ2n) is 3.12. The number of benzene rings is 1. The van der Waals surface area contributed by atoms with Gasteiger partial charge in [-0.25, -0.2) is 4.79 Å². The van der Waals surface area contributed by atoms with Crippen LogP contribution in [-0.4, -0.2) is 32.4 Å². The molecule has 0 spiro atoms. The topological polar surface area (TPSA) is 65.0 Å². The van der Waals surface area contributed by atoms with Crippen LogP contribution in [0.3, 0.4) is 0 Å². The quantitative estimate of drug-likeness (QED) is 0.791. The number of hydrogen-bond acceptors (Lipinski definition) is 5. The number of rotatable bonds is 3. The number of phenolic OH excluding ortho intramolecular Hbond substituents is 1. The normalized spacial score (nSPS) is 9.75. The standard InChI is InChI=1S/C11H14O5/c1-6-9(11(13)16-4)7(14-2)5-8(15-3)10(6)12/h5,12H,1-4H3. The first kappa shape index (κ1) is 12.2. The maximum Gasteiger partial charge on any atom is 0.342 e. The van der Waals surface area contributed by atoms with E-state index in [9.17, 15) is 9.90 Å². The Morgan fingerprint density at radius 3 is 2.19 bits per heavy atom. The Morgan fingerprint density at radius 2 is 1.75 bits per heavy atom. The Bertz CT molecular complexity index is 411. The minimum absolute atomic E-state index is 0.0938. The lowest BCUT2D eigenvalue weighted by molar-refractivity contribution is 0.0595. The fraction of sp³-hybridized carbons (Fsp3) is 0.364. The van der Waals surface area contributed by atoms with Crippen LogP contribution in [0.1, 0.15) is 15.9 Å². The Kier molecular flexibility index (Phi) is 3.60. The Balaban J connectivity index is 3.47. The lowest BCUT2D eigenvalue weighted by Crippen LogP contribution is -2.07. The highest BCUT2D eigenvalue weighted by Gasteiger charge is 2.21.